The summed E-state index contributed by atoms with van der Waals surface area (Å²) < 4.78 is 17.9. The summed E-state index contributed by atoms with van der Waals surface area (Å²) in [6, 6.07) is 6.27. The summed E-state index contributed by atoms with van der Waals surface area (Å²) in [6.07, 6.45) is -0.455. The second kappa shape index (κ2) is 6.65. The molecule has 0 saturated heterocycles. The maximum atomic E-state index is 13.0. The molecule has 0 fully saturated rings. The molecular formula is C12H14FN3O2S. The van der Waals surface area contributed by atoms with Crippen molar-refractivity contribution in [2.75, 3.05) is 6.54 Å². The van der Waals surface area contributed by atoms with Gasteiger partial charge in [0.15, 0.2) is 5.82 Å². The Morgan fingerprint density at radius 2 is 2.32 bits per heavy atom. The van der Waals surface area contributed by atoms with Crippen molar-refractivity contribution in [2.24, 2.45) is 5.73 Å². The van der Waals surface area contributed by atoms with Gasteiger partial charge in [-0.25, -0.2) is 4.39 Å². The van der Waals surface area contributed by atoms with E-state index < -0.39 is 6.10 Å². The summed E-state index contributed by atoms with van der Waals surface area (Å²) in [6.45, 7) is 0.344. The van der Waals surface area contributed by atoms with E-state index in [0.29, 0.717) is 24.5 Å². The fourth-order valence-corrected chi connectivity index (χ4v) is 2.23. The lowest BCUT2D eigenvalue weighted by Crippen LogP contribution is -2.06. The first-order chi connectivity index (χ1) is 9.19. The Labute approximate surface area is 114 Å². The number of nitrogens with zero attached hydrogens (tertiary/aromatic N) is 2. The number of hydrogen-bond donors (Lipinski definition) is 2. The monoisotopic (exact) mass is 283 g/mol. The minimum atomic E-state index is -0.828. The van der Waals surface area contributed by atoms with Gasteiger partial charge in [-0.05, 0) is 31.2 Å². The number of benzene rings is 1. The highest BCUT2D eigenvalue weighted by Crippen LogP contribution is 2.23. The molecule has 3 N–H and O–H groups in total. The largest absolute Gasteiger partial charge is 0.383 e. The Kier molecular flexibility index (Phi) is 4.89. The van der Waals surface area contributed by atoms with Crippen LogP contribution < -0.4 is 5.73 Å². The first-order valence-electron chi connectivity index (χ1n) is 5.78. The minimum absolute atomic E-state index is 0.167. The zero-order valence-electron chi connectivity index (χ0n) is 10.1. The molecule has 0 unspecified atom stereocenters. The van der Waals surface area contributed by atoms with Crippen LogP contribution in [0, 0.1) is 5.82 Å². The van der Waals surface area contributed by atoms with Gasteiger partial charge in [-0.3, -0.25) is 0 Å². The zero-order valence-corrected chi connectivity index (χ0v) is 10.9. The highest BCUT2D eigenvalue weighted by atomic mass is 32.2. The number of rotatable bonds is 6. The molecular weight excluding hydrogens is 269 g/mol. The zero-order chi connectivity index (χ0) is 13.7. The van der Waals surface area contributed by atoms with Crippen molar-refractivity contribution in [3.8, 4) is 0 Å². The smallest absolute Gasteiger partial charge is 0.255 e. The number of hydrogen-bond acceptors (Lipinski definition) is 6. The van der Waals surface area contributed by atoms with E-state index in [9.17, 15) is 9.50 Å². The van der Waals surface area contributed by atoms with Crippen LogP contribution in [-0.2, 0) is 5.75 Å². The molecule has 0 aliphatic heterocycles. The predicted molar refractivity (Wildman–Crippen MR) is 68.9 cm³/mol. The van der Waals surface area contributed by atoms with E-state index in [4.69, 9.17) is 10.3 Å². The van der Waals surface area contributed by atoms with Crippen molar-refractivity contribution in [2.45, 2.75) is 23.2 Å². The van der Waals surface area contributed by atoms with Gasteiger partial charge >= 0.3 is 0 Å². The highest BCUT2D eigenvalue weighted by Gasteiger charge is 2.15. The lowest BCUT2D eigenvalue weighted by Gasteiger charge is -2.01. The van der Waals surface area contributed by atoms with Crippen LogP contribution in [0.1, 0.15) is 24.2 Å². The van der Waals surface area contributed by atoms with E-state index in [1.807, 2.05) is 0 Å². The molecule has 0 radical (unpaired) electrons. The summed E-state index contributed by atoms with van der Waals surface area (Å²) in [7, 11) is 0. The Balaban J connectivity index is 1.93. The van der Waals surface area contributed by atoms with Crippen LogP contribution >= 0.6 is 11.8 Å². The molecule has 1 atom stereocenters. The molecule has 0 aliphatic carbocycles. The third-order valence-corrected chi connectivity index (χ3v) is 3.36. The molecule has 0 bridgehead atoms. The lowest BCUT2D eigenvalue weighted by molar-refractivity contribution is 0.127. The standard InChI is InChI=1S/C12H14FN3O2S/c13-8-2-1-3-9(6-8)19-7-11-15-12(18-16-11)10(17)4-5-14/h1-3,6,10,17H,4-5,7,14H2/t10-/m0/s1. The number of aliphatic hydroxyl groups excluding tert-OH is 1. The number of thioether (sulfide) groups is 1. The summed E-state index contributed by atoms with van der Waals surface area (Å²) in [5.41, 5.74) is 5.33. The fraction of sp³-hybridized carbons (Fsp3) is 0.333. The summed E-state index contributed by atoms with van der Waals surface area (Å²) in [5.74, 6) is 0.792. The first-order valence-corrected chi connectivity index (χ1v) is 6.76. The van der Waals surface area contributed by atoms with Gasteiger partial charge in [0.25, 0.3) is 5.89 Å². The van der Waals surface area contributed by atoms with Crippen LogP contribution in [0.3, 0.4) is 0 Å². The minimum Gasteiger partial charge on any atom is -0.383 e. The second-order valence-electron chi connectivity index (χ2n) is 3.89. The average Bonchev–Trinajstić information content (AvgIpc) is 2.86. The molecule has 2 aromatic rings. The molecule has 0 amide bonds. The summed E-state index contributed by atoms with van der Waals surface area (Å²) in [4.78, 5) is 4.85. The Hall–Kier alpha value is -1.44. The van der Waals surface area contributed by atoms with E-state index >= 15 is 0 Å². The maximum absolute atomic E-state index is 13.0. The Morgan fingerprint density at radius 3 is 3.05 bits per heavy atom. The van der Waals surface area contributed by atoms with Gasteiger partial charge in [0.2, 0.25) is 0 Å². The van der Waals surface area contributed by atoms with Gasteiger partial charge in [0, 0.05) is 4.90 Å². The average molecular weight is 283 g/mol. The van der Waals surface area contributed by atoms with Gasteiger partial charge in [0.1, 0.15) is 11.9 Å². The van der Waals surface area contributed by atoms with Crippen LogP contribution in [0.2, 0.25) is 0 Å². The van der Waals surface area contributed by atoms with E-state index in [1.54, 1.807) is 12.1 Å². The van der Waals surface area contributed by atoms with E-state index in [2.05, 4.69) is 10.1 Å². The normalized spacial score (nSPS) is 12.6. The molecule has 2 rings (SSSR count). The fourth-order valence-electron chi connectivity index (χ4n) is 1.45. The quantitative estimate of drug-likeness (QED) is 0.787. The SMILES string of the molecule is NCC[C@H](O)c1nc(CSc2cccc(F)c2)no1. The molecule has 1 heterocycles. The van der Waals surface area contributed by atoms with Gasteiger partial charge in [-0.2, -0.15) is 4.98 Å². The number of nitrogens with two attached hydrogens (primary N) is 1. The third kappa shape index (κ3) is 4.02. The Morgan fingerprint density at radius 1 is 1.47 bits per heavy atom. The topological polar surface area (TPSA) is 85.2 Å². The molecule has 0 spiro atoms. The van der Waals surface area contributed by atoms with Crippen LogP contribution in [-0.4, -0.2) is 21.8 Å². The number of aromatic nitrogens is 2. The molecule has 102 valence electrons. The lowest BCUT2D eigenvalue weighted by atomic mass is 10.2. The molecule has 5 nitrogen and oxygen atoms in total. The van der Waals surface area contributed by atoms with Crippen molar-refractivity contribution in [1.29, 1.82) is 0 Å². The maximum Gasteiger partial charge on any atom is 0.255 e. The van der Waals surface area contributed by atoms with Crippen LogP contribution in [0.5, 0.6) is 0 Å². The van der Waals surface area contributed by atoms with Crippen LogP contribution in [0.25, 0.3) is 0 Å². The Bertz CT molecular complexity index is 535. The summed E-state index contributed by atoms with van der Waals surface area (Å²) in [5, 5.41) is 13.4. The number of halogens is 1. The molecule has 0 aliphatic rings. The predicted octanol–water partition coefficient (Wildman–Crippen LogP) is 1.88. The van der Waals surface area contributed by atoms with Gasteiger partial charge in [0.05, 0.1) is 5.75 Å². The van der Waals surface area contributed by atoms with Crippen LogP contribution in [0.15, 0.2) is 33.7 Å². The highest BCUT2D eigenvalue weighted by molar-refractivity contribution is 7.98. The number of aliphatic hydroxyl groups is 1. The van der Waals surface area contributed by atoms with Crippen molar-refractivity contribution in [3.05, 3.63) is 41.8 Å². The summed E-state index contributed by atoms with van der Waals surface area (Å²) >= 11 is 1.39. The van der Waals surface area contributed by atoms with Crippen molar-refractivity contribution in [3.63, 3.8) is 0 Å². The molecule has 7 heteroatoms. The first kappa shape index (κ1) is 14.0. The second-order valence-corrected chi connectivity index (χ2v) is 4.94. The van der Waals surface area contributed by atoms with Gasteiger partial charge < -0.3 is 15.4 Å². The van der Waals surface area contributed by atoms with Crippen molar-refractivity contribution >= 4 is 11.8 Å². The van der Waals surface area contributed by atoms with E-state index in [1.165, 1.54) is 23.9 Å². The molecule has 19 heavy (non-hydrogen) atoms. The molecule has 1 aromatic heterocycles. The van der Waals surface area contributed by atoms with Gasteiger partial charge in [-0.15, -0.1) is 11.8 Å². The van der Waals surface area contributed by atoms with E-state index in [0.717, 1.165) is 4.90 Å². The van der Waals surface area contributed by atoms with Gasteiger partial charge in [-0.1, -0.05) is 11.2 Å². The van der Waals surface area contributed by atoms with E-state index in [-0.39, 0.29) is 11.7 Å². The third-order valence-electron chi connectivity index (χ3n) is 2.37. The molecule has 0 saturated carbocycles. The van der Waals surface area contributed by atoms with Crippen molar-refractivity contribution < 1.29 is 14.0 Å². The van der Waals surface area contributed by atoms with Crippen LogP contribution in [0.4, 0.5) is 4.39 Å². The molecule has 1 aromatic carbocycles. The van der Waals surface area contributed by atoms with Crippen molar-refractivity contribution in [1.82, 2.24) is 10.1 Å².